The molecule has 0 saturated heterocycles. The highest BCUT2D eigenvalue weighted by Gasteiger charge is 2.22. The lowest BCUT2D eigenvalue weighted by molar-refractivity contribution is 0.352. The fourth-order valence-corrected chi connectivity index (χ4v) is 3.38. The molecular formula is C13H12BrNOS. The lowest BCUT2D eigenvalue weighted by Gasteiger charge is -2.15. The topological polar surface area (TPSA) is 35.2 Å². The number of rotatable bonds is 2. The van der Waals surface area contributed by atoms with E-state index in [-0.39, 0.29) is 6.04 Å². The first-order valence-corrected chi connectivity index (χ1v) is 7.22. The normalized spacial score (nSPS) is 15.4. The fraction of sp³-hybridized carbons (Fsp3) is 0.231. The maximum absolute atomic E-state index is 6.31. The second-order valence-electron chi connectivity index (χ2n) is 4.12. The molecule has 0 bridgehead atoms. The van der Waals surface area contributed by atoms with Crippen LogP contribution in [-0.2, 0) is 6.42 Å². The van der Waals surface area contributed by atoms with Crippen molar-refractivity contribution < 1.29 is 4.74 Å². The van der Waals surface area contributed by atoms with E-state index in [1.807, 2.05) is 5.38 Å². The van der Waals surface area contributed by atoms with E-state index in [9.17, 15) is 0 Å². The lowest BCUT2D eigenvalue weighted by Crippen LogP contribution is -2.12. The fourth-order valence-electron chi connectivity index (χ4n) is 2.16. The van der Waals surface area contributed by atoms with E-state index in [1.165, 1.54) is 5.56 Å². The molecule has 1 aliphatic heterocycles. The summed E-state index contributed by atoms with van der Waals surface area (Å²) in [6, 6.07) is 6.14. The minimum atomic E-state index is -0.106. The van der Waals surface area contributed by atoms with E-state index in [0.29, 0.717) is 0 Å². The van der Waals surface area contributed by atoms with Gasteiger partial charge >= 0.3 is 0 Å². The molecule has 2 N–H and O–H groups in total. The molecule has 1 aromatic carbocycles. The molecule has 0 fully saturated rings. The minimum Gasteiger partial charge on any atom is -0.493 e. The van der Waals surface area contributed by atoms with Crippen LogP contribution in [0.3, 0.4) is 0 Å². The Hall–Kier alpha value is -0.840. The largest absolute Gasteiger partial charge is 0.493 e. The van der Waals surface area contributed by atoms with E-state index in [1.54, 1.807) is 11.3 Å². The van der Waals surface area contributed by atoms with Crippen LogP contribution in [0.15, 0.2) is 33.4 Å². The number of hydrogen-bond acceptors (Lipinski definition) is 3. The monoisotopic (exact) mass is 309 g/mol. The number of ether oxygens (including phenoxy) is 1. The maximum atomic E-state index is 6.31. The molecule has 88 valence electrons. The summed E-state index contributed by atoms with van der Waals surface area (Å²) in [5, 5.41) is 4.14. The molecule has 4 heteroatoms. The zero-order valence-corrected chi connectivity index (χ0v) is 11.6. The van der Waals surface area contributed by atoms with Crippen molar-refractivity contribution in [2.24, 2.45) is 5.73 Å². The predicted octanol–water partition coefficient (Wildman–Crippen LogP) is 3.49. The molecule has 1 aromatic heterocycles. The average Bonchev–Trinajstić information content (AvgIpc) is 2.97. The van der Waals surface area contributed by atoms with Gasteiger partial charge in [0.15, 0.2) is 0 Å². The Morgan fingerprint density at radius 3 is 3.06 bits per heavy atom. The molecule has 1 atom stereocenters. The molecule has 3 rings (SSSR count). The summed E-state index contributed by atoms with van der Waals surface area (Å²) in [6.07, 6.45) is 0.970. The summed E-state index contributed by atoms with van der Waals surface area (Å²) in [5.41, 5.74) is 9.78. The molecule has 0 radical (unpaired) electrons. The Morgan fingerprint density at radius 2 is 2.29 bits per heavy atom. The zero-order chi connectivity index (χ0) is 11.8. The molecule has 2 heterocycles. The highest BCUT2D eigenvalue weighted by molar-refractivity contribution is 9.10. The van der Waals surface area contributed by atoms with E-state index < -0.39 is 0 Å². The van der Waals surface area contributed by atoms with Gasteiger partial charge in [0.2, 0.25) is 0 Å². The summed E-state index contributed by atoms with van der Waals surface area (Å²) in [5.74, 6) is 0.979. The summed E-state index contributed by atoms with van der Waals surface area (Å²) >= 11 is 5.21. The summed E-state index contributed by atoms with van der Waals surface area (Å²) in [4.78, 5) is 0. The van der Waals surface area contributed by atoms with E-state index in [2.05, 4.69) is 39.5 Å². The first kappa shape index (κ1) is 11.3. The van der Waals surface area contributed by atoms with Crippen molar-refractivity contribution in [1.82, 2.24) is 0 Å². The number of thiophene rings is 1. The van der Waals surface area contributed by atoms with Crippen LogP contribution in [0, 0.1) is 0 Å². The van der Waals surface area contributed by atoms with Crippen LogP contribution >= 0.6 is 27.3 Å². The molecule has 0 amide bonds. The molecule has 0 saturated carbocycles. The third-order valence-electron chi connectivity index (χ3n) is 3.01. The van der Waals surface area contributed by atoms with Gasteiger partial charge in [-0.05, 0) is 40.1 Å². The minimum absolute atomic E-state index is 0.106. The number of fused-ring (bicyclic) bond motifs is 1. The van der Waals surface area contributed by atoms with Gasteiger partial charge in [0.05, 0.1) is 12.6 Å². The van der Waals surface area contributed by atoms with Gasteiger partial charge in [0, 0.05) is 16.5 Å². The maximum Gasteiger partial charge on any atom is 0.127 e. The second-order valence-corrected chi connectivity index (χ2v) is 5.81. The number of benzene rings is 1. The van der Waals surface area contributed by atoms with Gasteiger partial charge in [-0.1, -0.05) is 15.9 Å². The molecule has 17 heavy (non-hydrogen) atoms. The summed E-state index contributed by atoms with van der Waals surface area (Å²) < 4.78 is 6.78. The Morgan fingerprint density at radius 1 is 1.41 bits per heavy atom. The standard InChI is InChI=1S/C13H12BrNOS/c14-10-5-8-1-3-16-13(8)11(6-10)12(15)9-2-4-17-7-9/h2,4-7,12H,1,3,15H2. The first-order valence-electron chi connectivity index (χ1n) is 5.48. The van der Waals surface area contributed by atoms with Gasteiger partial charge in [0.1, 0.15) is 5.75 Å². The third-order valence-corrected chi connectivity index (χ3v) is 4.17. The van der Waals surface area contributed by atoms with Crippen LogP contribution in [-0.4, -0.2) is 6.61 Å². The van der Waals surface area contributed by atoms with Crippen molar-refractivity contribution >= 4 is 27.3 Å². The molecule has 1 aliphatic rings. The number of hydrogen-bond donors (Lipinski definition) is 1. The Labute approximate surface area is 113 Å². The van der Waals surface area contributed by atoms with E-state index >= 15 is 0 Å². The molecule has 0 aliphatic carbocycles. The lowest BCUT2D eigenvalue weighted by atomic mass is 9.98. The van der Waals surface area contributed by atoms with E-state index in [0.717, 1.165) is 34.4 Å². The number of nitrogens with two attached hydrogens (primary N) is 1. The van der Waals surface area contributed by atoms with Gasteiger partial charge in [-0.3, -0.25) is 0 Å². The third kappa shape index (κ3) is 2.01. The van der Waals surface area contributed by atoms with Gasteiger partial charge in [-0.15, -0.1) is 0 Å². The predicted molar refractivity (Wildman–Crippen MR) is 73.7 cm³/mol. The van der Waals surface area contributed by atoms with Crippen molar-refractivity contribution in [2.75, 3.05) is 6.61 Å². The summed E-state index contributed by atoms with van der Waals surface area (Å²) in [6.45, 7) is 0.759. The molecule has 2 aromatic rings. The smallest absolute Gasteiger partial charge is 0.127 e. The van der Waals surface area contributed by atoms with Gasteiger partial charge < -0.3 is 10.5 Å². The van der Waals surface area contributed by atoms with Crippen molar-refractivity contribution in [2.45, 2.75) is 12.5 Å². The van der Waals surface area contributed by atoms with Crippen molar-refractivity contribution in [3.63, 3.8) is 0 Å². The van der Waals surface area contributed by atoms with Gasteiger partial charge in [-0.2, -0.15) is 11.3 Å². The molecule has 2 nitrogen and oxygen atoms in total. The average molecular weight is 310 g/mol. The SMILES string of the molecule is NC(c1ccsc1)c1cc(Br)cc2c1OCC2. The highest BCUT2D eigenvalue weighted by Crippen LogP contribution is 2.38. The Kier molecular flexibility index (Phi) is 2.94. The Bertz CT molecular complexity index is 539. The van der Waals surface area contributed by atoms with Crippen LogP contribution in [0.5, 0.6) is 5.75 Å². The van der Waals surface area contributed by atoms with Crippen LogP contribution in [0.2, 0.25) is 0 Å². The molecule has 1 unspecified atom stereocenters. The van der Waals surface area contributed by atoms with Gasteiger partial charge in [0.25, 0.3) is 0 Å². The highest BCUT2D eigenvalue weighted by atomic mass is 79.9. The van der Waals surface area contributed by atoms with Gasteiger partial charge in [-0.25, -0.2) is 0 Å². The van der Waals surface area contributed by atoms with Crippen LogP contribution in [0.25, 0.3) is 0 Å². The zero-order valence-electron chi connectivity index (χ0n) is 9.15. The Balaban J connectivity index is 2.09. The molecule has 0 spiro atoms. The van der Waals surface area contributed by atoms with Crippen LogP contribution in [0.1, 0.15) is 22.7 Å². The quantitative estimate of drug-likeness (QED) is 0.921. The van der Waals surface area contributed by atoms with Crippen molar-refractivity contribution in [1.29, 1.82) is 0 Å². The van der Waals surface area contributed by atoms with Crippen LogP contribution in [0.4, 0.5) is 0 Å². The second kappa shape index (κ2) is 4.44. The van der Waals surface area contributed by atoms with E-state index in [4.69, 9.17) is 10.5 Å². The summed E-state index contributed by atoms with van der Waals surface area (Å²) in [7, 11) is 0. The van der Waals surface area contributed by atoms with Crippen molar-refractivity contribution in [3.8, 4) is 5.75 Å². The molecular weight excluding hydrogens is 298 g/mol. The van der Waals surface area contributed by atoms with Crippen LogP contribution < -0.4 is 10.5 Å². The van der Waals surface area contributed by atoms with Crippen molar-refractivity contribution in [3.05, 3.63) is 50.1 Å². The first-order chi connectivity index (χ1) is 8.25. The number of halogens is 1.